The van der Waals surface area contributed by atoms with Crippen molar-refractivity contribution in [3.8, 4) is 5.75 Å². The van der Waals surface area contributed by atoms with Crippen molar-refractivity contribution in [2.24, 2.45) is 0 Å². The molecule has 0 unspecified atom stereocenters. The molecule has 0 heterocycles. The van der Waals surface area contributed by atoms with Crippen molar-refractivity contribution in [2.75, 3.05) is 11.4 Å². The molecule has 1 rings (SSSR count). The number of benzene rings is 1. The molecule has 0 aliphatic rings. The van der Waals surface area contributed by atoms with Crippen LogP contribution in [0.2, 0.25) is 0 Å². The highest BCUT2D eigenvalue weighted by atomic mass is 35.5. The SMILES string of the molecule is CCCCOc1ccccc1NCl. The Morgan fingerprint density at radius 1 is 1.38 bits per heavy atom. The molecule has 72 valence electrons. The van der Waals surface area contributed by atoms with Crippen LogP contribution in [-0.2, 0) is 0 Å². The van der Waals surface area contributed by atoms with Gasteiger partial charge in [-0.25, -0.2) is 0 Å². The van der Waals surface area contributed by atoms with E-state index in [1.165, 1.54) is 0 Å². The first-order valence-electron chi connectivity index (χ1n) is 4.47. The molecule has 1 aromatic rings. The summed E-state index contributed by atoms with van der Waals surface area (Å²) in [5.74, 6) is 0.811. The largest absolute Gasteiger partial charge is 0.491 e. The van der Waals surface area contributed by atoms with Gasteiger partial charge in [0.1, 0.15) is 5.75 Å². The standard InChI is InChI=1S/C10H14ClNO/c1-2-3-8-13-10-7-5-4-6-9(10)12-11/h4-7,12H,2-3,8H2,1H3. The fraction of sp³-hybridized carbons (Fsp3) is 0.400. The zero-order valence-electron chi connectivity index (χ0n) is 7.72. The van der Waals surface area contributed by atoms with Crippen LogP contribution < -0.4 is 9.57 Å². The Kier molecular flexibility index (Phi) is 4.47. The zero-order valence-corrected chi connectivity index (χ0v) is 8.47. The Bertz CT molecular complexity index is 252. The van der Waals surface area contributed by atoms with Crippen molar-refractivity contribution in [1.82, 2.24) is 0 Å². The Balaban J connectivity index is 2.54. The predicted octanol–water partition coefficient (Wildman–Crippen LogP) is 3.43. The van der Waals surface area contributed by atoms with E-state index in [9.17, 15) is 0 Å². The average molecular weight is 200 g/mol. The fourth-order valence-corrected chi connectivity index (χ4v) is 1.15. The second-order valence-corrected chi connectivity index (χ2v) is 2.98. The van der Waals surface area contributed by atoms with Crippen LogP contribution >= 0.6 is 11.8 Å². The predicted molar refractivity (Wildman–Crippen MR) is 56.3 cm³/mol. The van der Waals surface area contributed by atoms with Gasteiger partial charge >= 0.3 is 0 Å². The number of hydrogen-bond donors (Lipinski definition) is 1. The number of hydrogen-bond acceptors (Lipinski definition) is 2. The summed E-state index contributed by atoms with van der Waals surface area (Å²) in [4.78, 5) is 2.57. The van der Waals surface area contributed by atoms with Gasteiger partial charge in [0.25, 0.3) is 0 Å². The summed E-state index contributed by atoms with van der Waals surface area (Å²) in [6.07, 6.45) is 2.20. The molecule has 0 spiro atoms. The van der Waals surface area contributed by atoms with E-state index in [4.69, 9.17) is 16.5 Å². The summed E-state index contributed by atoms with van der Waals surface area (Å²) in [7, 11) is 0. The molecule has 0 aliphatic heterocycles. The maximum atomic E-state index is 5.52. The molecule has 0 fully saturated rings. The first-order valence-corrected chi connectivity index (χ1v) is 4.84. The summed E-state index contributed by atoms with van der Waals surface area (Å²) >= 11 is 5.51. The lowest BCUT2D eigenvalue weighted by Gasteiger charge is -2.08. The molecule has 0 saturated carbocycles. The van der Waals surface area contributed by atoms with E-state index in [2.05, 4.69) is 11.8 Å². The van der Waals surface area contributed by atoms with Gasteiger partial charge in [-0.15, -0.1) is 0 Å². The van der Waals surface area contributed by atoms with Gasteiger partial charge in [0.15, 0.2) is 0 Å². The molecule has 0 radical (unpaired) electrons. The number of nitrogens with one attached hydrogen (secondary N) is 1. The maximum Gasteiger partial charge on any atom is 0.143 e. The van der Waals surface area contributed by atoms with Crippen LogP contribution in [0.4, 0.5) is 5.69 Å². The molecule has 0 saturated heterocycles. The third-order valence-electron chi connectivity index (χ3n) is 1.74. The molecule has 0 aromatic heterocycles. The lowest BCUT2D eigenvalue weighted by atomic mass is 10.3. The number of para-hydroxylation sites is 2. The molecule has 3 heteroatoms. The number of rotatable bonds is 5. The number of halogens is 1. The van der Waals surface area contributed by atoms with Gasteiger partial charge < -0.3 is 4.74 Å². The van der Waals surface area contributed by atoms with Crippen molar-refractivity contribution in [2.45, 2.75) is 19.8 Å². The Morgan fingerprint density at radius 2 is 2.15 bits per heavy atom. The quantitative estimate of drug-likeness (QED) is 0.580. The van der Waals surface area contributed by atoms with Gasteiger partial charge in [-0.2, -0.15) is 0 Å². The fourth-order valence-electron chi connectivity index (χ4n) is 0.997. The molecule has 13 heavy (non-hydrogen) atoms. The van der Waals surface area contributed by atoms with Crippen LogP contribution in [-0.4, -0.2) is 6.61 Å². The van der Waals surface area contributed by atoms with Crippen LogP contribution in [0, 0.1) is 0 Å². The summed E-state index contributed by atoms with van der Waals surface area (Å²) in [5.41, 5.74) is 0.820. The first-order chi connectivity index (χ1) is 6.38. The molecule has 0 bridgehead atoms. The maximum absolute atomic E-state index is 5.52. The Morgan fingerprint density at radius 3 is 2.85 bits per heavy atom. The normalized spacial score (nSPS) is 9.69. The lowest BCUT2D eigenvalue weighted by molar-refractivity contribution is 0.311. The highest BCUT2D eigenvalue weighted by Gasteiger charge is 1.99. The van der Waals surface area contributed by atoms with Crippen molar-refractivity contribution < 1.29 is 4.74 Å². The van der Waals surface area contributed by atoms with Crippen molar-refractivity contribution in [1.29, 1.82) is 0 Å². The molecular weight excluding hydrogens is 186 g/mol. The van der Waals surface area contributed by atoms with Gasteiger partial charge in [-0.1, -0.05) is 25.5 Å². The van der Waals surface area contributed by atoms with E-state index in [-0.39, 0.29) is 0 Å². The molecule has 1 aromatic carbocycles. The molecule has 0 amide bonds. The summed E-state index contributed by atoms with van der Waals surface area (Å²) < 4.78 is 5.52. The third kappa shape index (κ3) is 3.15. The van der Waals surface area contributed by atoms with Crippen molar-refractivity contribution in [3.05, 3.63) is 24.3 Å². The van der Waals surface area contributed by atoms with Gasteiger partial charge in [0, 0.05) is 11.8 Å². The highest BCUT2D eigenvalue weighted by molar-refractivity contribution is 6.24. The van der Waals surface area contributed by atoms with Crippen LogP contribution in [0.15, 0.2) is 24.3 Å². The van der Waals surface area contributed by atoms with Crippen molar-refractivity contribution in [3.63, 3.8) is 0 Å². The lowest BCUT2D eigenvalue weighted by Crippen LogP contribution is -1.98. The minimum atomic E-state index is 0.742. The van der Waals surface area contributed by atoms with Crippen molar-refractivity contribution >= 4 is 17.5 Å². The second-order valence-electron chi connectivity index (χ2n) is 2.79. The second kappa shape index (κ2) is 5.70. The third-order valence-corrected chi connectivity index (χ3v) is 1.95. The van der Waals surface area contributed by atoms with E-state index in [1.54, 1.807) is 0 Å². The summed E-state index contributed by atoms with van der Waals surface area (Å²) in [5, 5.41) is 0. The summed E-state index contributed by atoms with van der Waals surface area (Å²) in [6.45, 7) is 2.88. The monoisotopic (exact) mass is 199 g/mol. The topological polar surface area (TPSA) is 21.3 Å². The van der Waals surface area contributed by atoms with E-state index in [0.717, 1.165) is 30.9 Å². The smallest absolute Gasteiger partial charge is 0.143 e. The summed E-state index contributed by atoms with van der Waals surface area (Å²) in [6, 6.07) is 7.63. The van der Waals surface area contributed by atoms with Crippen LogP contribution in [0.1, 0.15) is 19.8 Å². The number of anilines is 1. The van der Waals surface area contributed by atoms with E-state index >= 15 is 0 Å². The van der Waals surface area contributed by atoms with Gasteiger partial charge in [0.2, 0.25) is 0 Å². The van der Waals surface area contributed by atoms with Crippen LogP contribution in [0.3, 0.4) is 0 Å². The molecular formula is C10H14ClNO. The van der Waals surface area contributed by atoms with E-state index < -0.39 is 0 Å². The Labute approximate surface area is 84.0 Å². The van der Waals surface area contributed by atoms with E-state index in [1.807, 2.05) is 24.3 Å². The van der Waals surface area contributed by atoms with Gasteiger partial charge in [0.05, 0.1) is 12.3 Å². The first kappa shape index (κ1) is 10.2. The van der Waals surface area contributed by atoms with Gasteiger partial charge in [-0.3, -0.25) is 4.84 Å². The number of unbranched alkanes of at least 4 members (excludes halogenated alkanes) is 1. The minimum Gasteiger partial charge on any atom is -0.491 e. The Hall–Kier alpha value is -0.890. The zero-order chi connectivity index (χ0) is 9.52. The van der Waals surface area contributed by atoms with Crippen LogP contribution in [0.5, 0.6) is 5.75 Å². The molecule has 0 aliphatic carbocycles. The molecule has 1 N–H and O–H groups in total. The highest BCUT2D eigenvalue weighted by Crippen LogP contribution is 2.24. The number of ether oxygens (including phenoxy) is 1. The molecule has 2 nitrogen and oxygen atoms in total. The molecule has 0 atom stereocenters. The van der Waals surface area contributed by atoms with E-state index in [0.29, 0.717) is 0 Å². The minimum absolute atomic E-state index is 0.742. The van der Waals surface area contributed by atoms with Crippen LogP contribution in [0.25, 0.3) is 0 Å². The van der Waals surface area contributed by atoms with Gasteiger partial charge in [-0.05, 0) is 18.6 Å². The average Bonchev–Trinajstić information content (AvgIpc) is 2.19.